The van der Waals surface area contributed by atoms with Crippen molar-refractivity contribution in [2.24, 2.45) is 5.92 Å². The molecule has 0 aliphatic heterocycles. The number of hydrogen-bond acceptors (Lipinski definition) is 3. The Morgan fingerprint density at radius 3 is 2.57 bits per heavy atom. The topological polar surface area (TPSA) is 87.7 Å². The van der Waals surface area contributed by atoms with Crippen LogP contribution in [0.25, 0.3) is 0 Å². The second kappa shape index (κ2) is 6.97. The Labute approximate surface area is 123 Å². The maximum Gasteiger partial charge on any atom is 0.341 e. The monoisotopic (exact) mass is 292 g/mol. The molecule has 1 aliphatic carbocycles. The predicted molar refractivity (Wildman–Crippen MR) is 78.5 cm³/mol. The normalized spacial score (nSPS) is 20.8. The first kappa shape index (κ1) is 15.2. The number of carbonyl (C=O) groups excluding carboxylic acids is 1. The summed E-state index contributed by atoms with van der Waals surface area (Å²) in [5, 5.41) is 14.2. The molecular formula is C15H20N2O4. The fourth-order valence-corrected chi connectivity index (χ4v) is 2.47. The zero-order valence-corrected chi connectivity index (χ0v) is 12.0. The average Bonchev–Trinajstić information content (AvgIpc) is 2.83. The SMILES string of the molecule is CC1CCC(NC(=O)Nc2ccc(OCC(=O)O)cc2)C1. The molecule has 0 aromatic heterocycles. The summed E-state index contributed by atoms with van der Waals surface area (Å²) in [6.07, 6.45) is 3.20. The van der Waals surface area contributed by atoms with Gasteiger partial charge in [-0.05, 0) is 49.4 Å². The molecule has 2 atom stereocenters. The molecule has 3 N–H and O–H groups in total. The Hall–Kier alpha value is -2.24. The quantitative estimate of drug-likeness (QED) is 0.778. The molecule has 6 heteroatoms. The zero-order valence-electron chi connectivity index (χ0n) is 12.0. The second-order valence-electron chi connectivity index (χ2n) is 5.42. The van der Waals surface area contributed by atoms with E-state index in [-0.39, 0.29) is 18.7 Å². The maximum absolute atomic E-state index is 11.8. The minimum absolute atomic E-state index is 0.215. The molecule has 1 aromatic carbocycles. The molecule has 0 radical (unpaired) electrons. The molecule has 1 fully saturated rings. The van der Waals surface area contributed by atoms with Crippen LogP contribution in [0.1, 0.15) is 26.2 Å². The van der Waals surface area contributed by atoms with Gasteiger partial charge in [0.25, 0.3) is 0 Å². The van der Waals surface area contributed by atoms with E-state index in [4.69, 9.17) is 9.84 Å². The van der Waals surface area contributed by atoms with Gasteiger partial charge in [-0.15, -0.1) is 0 Å². The fraction of sp³-hybridized carbons (Fsp3) is 0.467. The lowest BCUT2D eigenvalue weighted by molar-refractivity contribution is -0.139. The number of anilines is 1. The predicted octanol–water partition coefficient (Wildman–Crippen LogP) is 2.46. The fourth-order valence-electron chi connectivity index (χ4n) is 2.47. The van der Waals surface area contributed by atoms with Crippen molar-refractivity contribution in [1.29, 1.82) is 0 Å². The molecule has 1 aromatic rings. The van der Waals surface area contributed by atoms with E-state index >= 15 is 0 Å². The van der Waals surface area contributed by atoms with Gasteiger partial charge in [0.15, 0.2) is 6.61 Å². The second-order valence-corrected chi connectivity index (χ2v) is 5.42. The number of aliphatic carboxylic acids is 1. The minimum atomic E-state index is -1.03. The molecule has 114 valence electrons. The molecule has 1 aliphatic rings. The summed E-state index contributed by atoms with van der Waals surface area (Å²) >= 11 is 0. The van der Waals surface area contributed by atoms with Gasteiger partial charge in [-0.1, -0.05) is 6.92 Å². The third-order valence-electron chi connectivity index (χ3n) is 3.50. The summed E-state index contributed by atoms with van der Waals surface area (Å²) in [5.41, 5.74) is 0.640. The minimum Gasteiger partial charge on any atom is -0.482 e. The number of rotatable bonds is 5. The molecular weight excluding hydrogens is 272 g/mol. The summed E-state index contributed by atoms with van der Waals surface area (Å²) in [6.45, 7) is 1.81. The standard InChI is InChI=1S/C15H20N2O4/c1-10-2-3-12(8-10)17-15(20)16-11-4-6-13(7-5-11)21-9-14(18)19/h4-7,10,12H,2-3,8-9H2,1H3,(H,18,19)(H2,16,17,20). The summed E-state index contributed by atoms with van der Waals surface area (Å²) in [7, 11) is 0. The van der Waals surface area contributed by atoms with Crippen molar-refractivity contribution in [2.45, 2.75) is 32.2 Å². The third-order valence-corrected chi connectivity index (χ3v) is 3.50. The van der Waals surface area contributed by atoms with Crippen LogP contribution in [0.15, 0.2) is 24.3 Å². The number of hydrogen-bond donors (Lipinski definition) is 3. The number of urea groups is 1. The van der Waals surface area contributed by atoms with E-state index in [0.717, 1.165) is 19.3 Å². The van der Waals surface area contributed by atoms with E-state index in [1.807, 2.05) is 0 Å². The van der Waals surface area contributed by atoms with E-state index < -0.39 is 5.97 Å². The Morgan fingerprint density at radius 2 is 2.00 bits per heavy atom. The average molecular weight is 292 g/mol. The molecule has 2 rings (SSSR count). The Kier molecular flexibility index (Phi) is 5.03. The van der Waals surface area contributed by atoms with Crippen LogP contribution in [-0.2, 0) is 4.79 Å². The van der Waals surface area contributed by atoms with Crippen LogP contribution in [0.3, 0.4) is 0 Å². The van der Waals surface area contributed by atoms with Gasteiger partial charge < -0.3 is 20.5 Å². The van der Waals surface area contributed by atoms with E-state index in [1.54, 1.807) is 24.3 Å². The number of carbonyl (C=O) groups is 2. The summed E-state index contributed by atoms with van der Waals surface area (Å²) in [4.78, 5) is 22.2. The summed E-state index contributed by atoms with van der Waals surface area (Å²) in [5.74, 6) is 0.0938. The van der Waals surface area contributed by atoms with Gasteiger partial charge in [0, 0.05) is 11.7 Å². The maximum atomic E-state index is 11.8. The van der Waals surface area contributed by atoms with Gasteiger partial charge in [-0.2, -0.15) is 0 Å². The number of amides is 2. The molecule has 0 spiro atoms. The van der Waals surface area contributed by atoms with Gasteiger partial charge >= 0.3 is 12.0 Å². The largest absolute Gasteiger partial charge is 0.482 e. The molecule has 2 unspecified atom stereocenters. The van der Waals surface area contributed by atoms with Crippen LogP contribution in [0.4, 0.5) is 10.5 Å². The zero-order chi connectivity index (χ0) is 15.2. The molecule has 6 nitrogen and oxygen atoms in total. The van der Waals surface area contributed by atoms with Gasteiger partial charge in [0.1, 0.15) is 5.75 Å². The van der Waals surface area contributed by atoms with Crippen molar-refractivity contribution < 1.29 is 19.4 Å². The first-order chi connectivity index (χ1) is 10.0. The van der Waals surface area contributed by atoms with Crippen LogP contribution >= 0.6 is 0 Å². The number of benzene rings is 1. The molecule has 2 amide bonds. The number of ether oxygens (including phenoxy) is 1. The van der Waals surface area contributed by atoms with E-state index in [9.17, 15) is 9.59 Å². The van der Waals surface area contributed by atoms with Crippen LogP contribution in [0.5, 0.6) is 5.75 Å². The highest BCUT2D eigenvalue weighted by Crippen LogP contribution is 2.24. The molecule has 0 bridgehead atoms. The Morgan fingerprint density at radius 1 is 1.29 bits per heavy atom. The van der Waals surface area contributed by atoms with Crippen LogP contribution in [0, 0.1) is 5.92 Å². The molecule has 21 heavy (non-hydrogen) atoms. The lowest BCUT2D eigenvalue weighted by Gasteiger charge is -2.13. The highest BCUT2D eigenvalue weighted by molar-refractivity contribution is 5.89. The first-order valence-electron chi connectivity index (χ1n) is 7.05. The lowest BCUT2D eigenvalue weighted by atomic mass is 10.1. The van der Waals surface area contributed by atoms with Crippen molar-refractivity contribution in [3.05, 3.63) is 24.3 Å². The van der Waals surface area contributed by atoms with Crippen LogP contribution in [0.2, 0.25) is 0 Å². The third kappa shape index (κ3) is 4.98. The van der Waals surface area contributed by atoms with Crippen LogP contribution < -0.4 is 15.4 Å². The van der Waals surface area contributed by atoms with Gasteiger partial charge in [0.2, 0.25) is 0 Å². The first-order valence-corrected chi connectivity index (χ1v) is 7.05. The molecule has 1 saturated carbocycles. The Bertz CT molecular complexity index is 501. The van der Waals surface area contributed by atoms with Crippen molar-refractivity contribution in [1.82, 2.24) is 5.32 Å². The molecule has 0 saturated heterocycles. The van der Waals surface area contributed by atoms with Crippen molar-refractivity contribution in [3.63, 3.8) is 0 Å². The smallest absolute Gasteiger partial charge is 0.341 e. The van der Waals surface area contributed by atoms with Crippen molar-refractivity contribution in [3.8, 4) is 5.75 Å². The lowest BCUT2D eigenvalue weighted by Crippen LogP contribution is -2.36. The number of nitrogens with one attached hydrogen (secondary N) is 2. The van der Waals surface area contributed by atoms with Gasteiger partial charge in [-0.25, -0.2) is 9.59 Å². The van der Waals surface area contributed by atoms with Crippen LogP contribution in [-0.4, -0.2) is 29.8 Å². The van der Waals surface area contributed by atoms with E-state index in [2.05, 4.69) is 17.6 Å². The van der Waals surface area contributed by atoms with Crippen molar-refractivity contribution >= 4 is 17.7 Å². The summed E-state index contributed by atoms with van der Waals surface area (Å²) in [6, 6.07) is 6.63. The number of carboxylic acids is 1. The van der Waals surface area contributed by atoms with Gasteiger partial charge in [-0.3, -0.25) is 0 Å². The van der Waals surface area contributed by atoms with Crippen molar-refractivity contribution in [2.75, 3.05) is 11.9 Å². The van der Waals surface area contributed by atoms with E-state index in [0.29, 0.717) is 17.4 Å². The van der Waals surface area contributed by atoms with E-state index in [1.165, 1.54) is 0 Å². The highest BCUT2D eigenvalue weighted by Gasteiger charge is 2.22. The highest BCUT2D eigenvalue weighted by atomic mass is 16.5. The summed E-state index contributed by atoms with van der Waals surface area (Å²) < 4.78 is 5.02. The molecule has 0 heterocycles. The Balaban J connectivity index is 1.79. The number of carboxylic acid groups (broad SMARTS) is 1. The van der Waals surface area contributed by atoms with Gasteiger partial charge in [0.05, 0.1) is 0 Å².